The lowest BCUT2D eigenvalue weighted by Crippen LogP contribution is -2.08. The van der Waals surface area contributed by atoms with Crippen LogP contribution in [-0.2, 0) is 10.9 Å². The molecular weight excluding hydrogens is 513 g/mol. The molecule has 0 aliphatic carbocycles. The summed E-state index contributed by atoms with van der Waals surface area (Å²) in [6.07, 6.45) is 0. The van der Waals surface area contributed by atoms with Crippen LogP contribution in [0.2, 0.25) is 0 Å². The normalized spacial score (nSPS) is 11.7. The minimum Gasteiger partial charge on any atom is -0.288 e. The van der Waals surface area contributed by atoms with Gasteiger partial charge in [0.2, 0.25) is 0 Å². The van der Waals surface area contributed by atoms with Crippen LogP contribution in [0.1, 0.15) is 0 Å². The molecule has 7 aromatic rings. The van der Waals surface area contributed by atoms with Gasteiger partial charge in [0.1, 0.15) is 0 Å². The van der Waals surface area contributed by atoms with Crippen molar-refractivity contribution in [2.45, 2.75) is 14.7 Å². The fourth-order valence-corrected chi connectivity index (χ4v) is 9.01. The zero-order valence-corrected chi connectivity index (χ0v) is 22.0. The van der Waals surface area contributed by atoms with Crippen LogP contribution in [0.5, 0.6) is 0 Å². The lowest BCUT2D eigenvalue weighted by molar-refractivity contribution is 1.34. The summed E-state index contributed by atoms with van der Waals surface area (Å²) in [7, 11) is -0.479. The molecule has 0 bridgehead atoms. The highest BCUT2D eigenvalue weighted by molar-refractivity contribution is 7.97. The SMILES string of the molecule is O=c1c2ccccc2sc2ccc([S+](c3ccccc3)c3ccc4sc5ccccc5c(=O)c4c3)cc12. The maximum absolute atomic E-state index is 13.4. The Morgan fingerprint density at radius 3 is 1.35 bits per heavy atom. The van der Waals surface area contributed by atoms with Gasteiger partial charge in [0.05, 0.1) is 10.9 Å². The first-order valence-corrected chi connectivity index (χ1v) is 14.7. The van der Waals surface area contributed by atoms with E-state index in [0.29, 0.717) is 0 Å². The van der Waals surface area contributed by atoms with Crippen LogP contribution in [0.3, 0.4) is 0 Å². The first-order valence-electron chi connectivity index (χ1n) is 11.9. The summed E-state index contributed by atoms with van der Waals surface area (Å²) in [6.45, 7) is 0. The van der Waals surface area contributed by atoms with Crippen LogP contribution in [-0.4, -0.2) is 0 Å². The second-order valence-corrected chi connectivity index (χ2v) is 13.0. The molecule has 0 saturated carbocycles. The van der Waals surface area contributed by atoms with Gasteiger partial charge >= 0.3 is 0 Å². The average molecular weight is 532 g/mol. The van der Waals surface area contributed by atoms with Crippen molar-refractivity contribution in [1.29, 1.82) is 0 Å². The Morgan fingerprint density at radius 1 is 0.405 bits per heavy atom. The smallest absolute Gasteiger partial charge is 0.196 e. The highest BCUT2D eigenvalue weighted by Crippen LogP contribution is 2.36. The highest BCUT2D eigenvalue weighted by Gasteiger charge is 2.30. The van der Waals surface area contributed by atoms with Gasteiger partial charge in [-0.15, -0.1) is 22.7 Å². The van der Waals surface area contributed by atoms with Crippen LogP contribution in [0.4, 0.5) is 0 Å². The monoisotopic (exact) mass is 531 g/mol. The lowest BCUT2D eigenvalue weighted by Gasteiger charge is -2.10. The quantitative estimate of drug-likeness (QED) is 0.170. The molecule has 37 heavy (non-hydrogen) atoms. The van der Waals surface area contributed by atoms with Crippen molar-refractivity contribution in [3.63, 3.8) is 0 Å². The summed E-state index contributed by atoms with van der Waals surface area (Å²) in [5.74, 6) is 0. The van der Waals surface area contributed by atoms with Crippen molar-refractivity contribution in [2.24, 2.45) is 0 Å². The summed E-state index contributed by atoms with van der Waals surface area (Å²) < 4.78 is 3.97. The largest absolute Gasteiger partial charge is 0.288 e. The predicted molar refractivity (Wildman–Crippen MR) is 160 cm³/mol. The summed E-state index contributed by atoms with van der Waals surface area (Å²) in [6, 6.07) is 38.5. The van der Waals surface area contributed by atoms with Gasteiger partial charge < -0.3 is 0 Å². The molecule has 0 fully saturated rings. The Labute approximate surface area is 223 Å². The maximum atomic E-state index is 13.4. The van der Waals surface area contributed by atoms with E-state index in [4.69, 9.17) is 0 Å². The predicted octanol–water partition coefficient (Wildman–Crippen LogP) is 8.24. The molecule has 5 aromatic carbocycles. The zero-order chi connectivity index (χ0) is 24.9. The van der Waals surface area contributed by atoms with Crippen molar-refractivity contribution in [3.05, 3.63) is 136 Å². The molecule has 0 unspecified atom stereocenters. The standard InChI is InChI=1S/C32H19O2S3/c33-31-23-10-4-6-12-27(23)35-29-16-14-21(18-25(29)31)37(20-8-2-1-3-9-20)22-15-17-30-26(19-22)32(34)24-11-5-7-13-28(24)36-30/h1-19H/q+1. The topological polar surface area (TPSA) is 34.1 Å². The van der Waals surface area contributed by atoms with E-state index in [-0.39, 0.29) is 10.9 Å². The molecular formula is C32H19O2S3+. The molecule has 0 saturated heterocycles. The van der Waals surface area contributed by atoms with E-state index in [9.17, 15) is 9.59 Å². The molecule has 7 rings (SSSR count). The van der Waals surface area contributed by atoms with Gasteiger partial charge in [-0.25, -0.2) is 0 Å². The van der Waals surface area contributed by atoms with E-state index in [2.05, 4.69) is 48.5 Å². The van der Waals surface area contributed by atoms with E-state index in [1.165, 1.54) is 0 Å². The van der Waals surface area contributed by atoms with Gasteiger partial charge in [-0.1, -0.05) is 42.5 Å². The van der Waals surface area contributed by atoms with Crippen LogP contribution in [0.25, 0.3) is 40.3 Å². The summed E-state index contributed by atoms with van der Waals surface area (Å²) >= 11 is 3.29. The molecule has 0 radical (unpaired) electrons. The van der Waals surface area contributed by atoms with Gasteiger partial charge in [-0.2, -0.15) is 0 Å². The maximum Gasteiger partial charge on any atom is 0.196 e. The number of benzene rings is 5. The molecule has 2 nitrogen and oxygen atoms in total. The third-order valence-electron chi connectivity index (χ3n) is 6.54. The fourth-order valence-electron chi connectivity index (χ4n) is 4.78. The fraction of sp³-hybridized carbons (Fsp3) is 0. The van der Waals surface area contributed by atoms with Gasteiger partial charge in [0.15, 0.2) is 25.5 Å². The van der Waals surface area contributed by atoms with Crippen molar-refractivity contribution < 1.29 is 0 Å². The van der Waals surface area contributed by atoms with Crippen molar-refractivity contribution >= 4 is 73.9 Å². The first kappa shape index (κ1) is 22.4. The molecule has 2 aromatic heterocycles. The lowest BCUT2D eigenvalue weighted by atomic mass is 10.2. The first-order chi connectivity index (χ1) is 18.2. The molecule has 0 aliphatic rings. The van der Waals surface area contributed by atoms with Crippen molar-refractivity contribution in [3.8, 4) is 0 Å². The van der Waals surface area contributed by atoms with Crippen molar-refractivity contribution in [2.75, 3.05) is 0 Å². The van der Waals surface area contributed by atoms with E-state index in [0.717, 1.165) is 55.0 Å². The molecule has 2 heterocycles. The van der Waals surface area contributed by atoms with Crippen molar-refractivity contribution in [1.82, 2.24) is 0 Å². The second kappa shape index (κ2) is 8.96. The average Bonchev–Trinajstić information content (AvgIpc) is 2.95. The third kappa shape index (κ3) is 3.78. The molecule has 0 amide bonds. The minimum atomic E-state index is -0.479. The molecule has 5 heteroatoms. The third-order valence-corrected chi connectivity index (χ3v) is 11.0. The molecule has 0 spiro atoms. The summed E-state index contributed by atoms with van der Waals surface area (Å²) in [5.41, 5.74) is 0.132. The Balaban J connectivity index is 1.48. The number of hydrogen-bond donors (Lipinski definition) is 0. The number of fused-ring (bicyclic) bond motifs is 4. The second-order valence-electron chi connectivity index (χ2n) is 8.79. The van der Waals surface area contributed by atoms with E-state index in [1.54, 1.807) is 22.7 Å². The van der Waals surface area contributed by atoms with Crippen LogP contribution in [0.15, 0.2) is 140 Å². The molecule has 176 valence electrons. The van der Waals surface area contributed by atoms with E-state index < -0.39 is 10.9 Å². The Bertz CT molecular complexity index is 1960. The number of hydrogen-bond acceptors (Lipinski definition) is 4. The van der Waals surface area contributed by atoms with Gasteiger partial charge in [-0.05, 0) is 60.7 Å². The van der Waals surface area contributed by atoms with Crippen LogP contribution < -0.4 is 10.9 Å². The Hall–Kier alpha value is -3.77. The Kier molecular flexibility index (Phi) is 5.43. The summed E-state index contributed by atoms with van der Waals surface area (Å²) in [5, 5.41) is 3.00. The van der Waals surface area contributed by atoms with Gasteiger partial charge in [0.25, 0.3) is 0 Å². The Morgan fingerprint density at radius 2 is 0.838 bits per heavy atom. The van der Waals surface area contributed by atoms with Gasteiger partial charge in [-0.3, -0.25) is 9.59 Å². The molecule has 0 atom stereocenters. The van der Waals surface area contributed by atoms with Gasteiger partial charge in [0, 0.05) is 52.5 Å². The molecule has 0 aliphatic heterocycles. The zero-order valence-electron chi connectivity index (χ0n) is 19.5. The van der Waals surface area contributed by atoms with Crippen LogP contribution in [0, 0.1) is 0 Å². The van der Waals surface area contributed by atoms with E-state index in [1.807, 2.05) is 66.7 Å². The van der Waals surface area contributed by atoms with Crippen LogP contribution >= 0.6 is 22.7 Å². The highest BCUT2D eigenvalue weighted by atomic mass is 32.2. The van der Waals surface area contributed by atoms with E-state index >= 15 is 0 Å². The molecule has 0 N–H and O–H groups in total. The minimum absolute atomic E-state index is 0.0661. The number of rotatable bonds is 3. The summed E-state index contributed by atoms with van der Waals surface area (Å²) in [4.78, 5) is 30.2.